The lowest BCUT2D eigenvalue weighted by molar-refractivity contribution is 0.0528. The van der Waals surface area contributed by atoms with E-state index in [1.165, 1.54) is 138 Å². The fourth-order valence-electron chi connectivity index (χ4n) is 14.7. The van der Waals surface area contributed by atoms with Crippen molar-refractivity contribution >= 4 is 97.9 Å². The fraction of sp³-hybridized carbons (Fsp3) is 0.589. The molecule has 0 spiro atoms. The molecule has 82 heavy (non-hydrogen) atoms. The van der Waals surface area contributed by atoms with Crippen LogP contribution in [0.3, 0.4) is 0 Å². The first-order valence-electron chi connectivity index (χ1n) is 33.2. The van der Waals surface area contributed by atoms with Gasteiger partial charge in [-0.3, -0.25) is 33.1 Å². The van der Waals surface area contributed by atoms with Crippen LogP contribution in [-0.2, 0) is 17.8 Å². The third-order valence-electron chi connectivity index (χ3n) is 19.1. The maximum Gasteiger partial charge on any atom is 0.338 e. The molecule has 0 radical (unpaired) electrons. The van der Waals surface area contributed by atoms with E-state index in [1.54, 1.807) is 19.9 Å². The van der Waals surface area contributed by atoms with Crippen LogP contribution >= 0.6 is 0 Å². The van der Waals surface area contributed by atoms with Crippen molar-refractivity contribution in [3.63, 3.8) is 0 Å². The lowest BCUT2D eigenvalue weighted by Gasteiger charge is -2.26. The lowest BCUT2D eigenvalue weighted by Crippen LogP contribution is -2.36. The summed E-state index contributed by atoms with van der Waals surface area (Å²) in [4.78, 5) is 90.3. The smallest absolute Gasteiger partial charge is 0.338 e. The van der Waals surface area contributed by atoms with Crippen molar-refractivity contribution in [3.8, 4) is 0 Å². The van der Waals surface area contributed by atoms with E-state index in [4.69, 9.17) is 4.74 Å². The summed E-state index contributed by atoms with van der Waals surface area (Å²) in [7, 11) is 0. The van der Waals surface area contributed by atoms with E-state index in [2.05, 4.69) is 27.7 Å². The van der Waals surface area contributed by atoms with E-state index >= 15 is 19.2 Å². The van der Waals surface area contributed by atoms with Crippen LogP contribution in [0.4, 0.5) is 0 Å². The van der Waals surface area contributed by atoms with E-state index in [1.807, 2.05) is 30.3 Å². The van der Waals surface area contributed by atoms with Gasteiger partial charge in [-0.05, 0) is 131 Å². The molecule has 9 heteroatoms. The number of unbranched alkanes of at least 4 members (excludes halogenated alkanes) is 24. The molecular formula is C73H96N2O7. The van der Waals surface area contributed by atoms with Crippen molar-refractivity contribution in [1.82, 2.24) is 9.13 Å². The average Bonchev–Trinajstić information content (AvgIpc) is 1.12. The quantitative estimate of drug-likeness (QED) is 0.0124. The number of carbonyl (C=O) groups excluding carboxylic acids is 2. The molecule has 0 aliphatic heterocycles. The molecule has 0 saturated carbocycles. The normalized spacial score (nSPS) is 13.2. The maximum absolute atomic E-state index is 15.4. The van der Waals surface area contributed by atoms with Crippen molar-refractivity contribution in [3.05, 3.63) is 88.9 Å². The second-order valence-electron chi connectivity index (χ2n) is 25.2. The van der Waals surface area contributed by atoms with Crippen molar-refractivity contribution in [2.75, 3.05) is 6.61 Å². The van der Waals surface area contributed by atoms with Crippen molar-refractivity contribution < 1.29 is 14.3 Å². The minimum Gasteiger partial charge on any atom is -0.462 e. The highest BCUT2D eigenvalue weighted by molar-refractivity contribution is 6.51. The Bertz CT molecular complexity index is 3790. The van der Waals surface area contributed by atoms with Crippen LogP contribution in [0.5, 0.6) is 0 Å². The van der Waals surface area contributed by atoms with Gasteiger partial charge in [0.1, 0.15) is 0 Å². The second-order valence-corrected chi connectivity index (χ2v) is 25.2. The van der Waals surface area contributed by atoms with Crippen LogP contribution in [0, 0.1) is 11.8 Å². The molecule has 0 amide bonds. The molecule has 0 N–H and O–H groups in total. The number of nitrogens with zero attached hydrogens (tertiary/aromatic N) is 2. The predicted octanol–water partition coefficient (Wildman–Crippen LogP) is 19.3. The summed E-state index contributed by atoms with van der Waals surface area (Å²) < 4.78 is 8.79. The van der Waals surface area contributed by atoms with Gasteiger partial charge in [0.05, 0.1) is 12.2 Å². The van der Waals surface area contributed by atoms with Gasteiger partial charge < -0.3 is 4.74 Å². The number of benzene rings is 7. The van der Waals surface area contributed by atoms with Crippen LogP contribution in [0.25, 0.3) is 86.2 Å². The Labute approximate surface area is 486 Å². The number of hydrogen-bond acceptors (Lipinski definition) is 7. The van der Waals surface area contributed by atoms with E-state index in [0.29, 0.717) is 88.7 Å². The Morgan fingerprint density at radius 2 is 0.659 bits per heavy atom. The fourth-order valence-corrected chi connectivity index (χ4v) is 14.7. The molecule has 9 aromatic rings. The molecular weight excluding hydrogens is 1020 g/mol. The summed E-state index contributed by atoms with van der Waals surface area (Å²) in [5.74, 6) is -0.439. The monoisotopic (exact) mass is 1110 g/mol. The Morgan fingerprint density at radius 1 is 0.354 bits per heavy atom. The molecule has 2 atom stereocenters. The second kappa shape index (κ2) is 28.7. The molecule has 2 unspecified atom stereocenters. The number of ketones is 1. The first-order valence-corrected chi connectivity index (χ1v) is 33.2. The zero-order valence-electron chi connectivity index (χ0n) is 51.1. The van der Waals surface area contributed by atoms with Gasteiger partial charge in [0, 0.05) is 61.7 Å². The SMILES string of the molecule is CCCCCCCCCCC(CCCCCCCC)Cn1c(=O)c2cc3cc(C(=O)OCC)c4cc5c(=O)n(CC(CCCCCCCC)CCCCCCCCCC)c(=O)c6cc7cc(C(C)=O)c8cc(c1=O)c2c1c3c4c(c65)c7c81. The summed E-state index contributed by atoms with van der Waals surface area (Å²) in [5, 5.41) is 9.39. The Balaban J connectivity index is 1.21. The van der Waals surface area contributed by atoms with Crippen molar-refractivity contribution in [2.45, 2.75) is 260 Å². The maximum atomic E-state index is 15.4. The number of aromatic nitrogens is 2. The molecule has 0 aliphatic carbocycles. The van der Waals surface area contributed by atoms with Crippen LogP contribution < -0.4 is 22.2 Å². The Hall–Kier alpha value is -5.70. The minimum atomic E-state index is -0.545. The van der Waals surface area contributed by atoms with Gasteiger partial charge in [-0.1, -0.05) is 207 Å². The summed E-state index contributed by atoms with van der Waals surface area (Å²) in [6.07, 6.45) is 37.2. The standard InChI is InChI=1S/C73H96N2O7/c1-7-12-16-20-24-26-30-34-38-49(36-32-28-22-18-14-9-3)46-74-70(78)58-43-52-41-56(73(81)82-11-5)55-45-60-64-57(69(77)75(72(60)80)47-50(37-33-29-23-19-15-10-4)39-35-31-27-25-21-17-13-8-2)42-51-40-53(48(6)76)54-44-59(71(74)79)63(58)67-62(52)66(55)68(64)61(51)65(54)67/h40-45,49-50H,7-39,46-47H2,1-6H3. The number of rotatable bonds is 39. The van der Waals surface area contributed by atoms with Crippen molar-refractivity contribution in [2.24, 2.45) is 11.8 Å². The largest absolute Gasteiger partial charge is 0.462 e. The number of Topliss-reactive ketones (excluding diaryl/α,β-unsaturated/α-hetero) is 1. The zero-order valence-corrected chi connectivity index (χ0v) is 51.1. The van der Waals surface area contributed by atoms with Crippen LogP contribution in [0.2, 0.25) is 0 Å². The van der Waals surface area contributed by atoms with E-state index in [-0.39, 0.29) is 52.0 Å². The lowest BCUT2D eigenvalue weighted by atomic mass is 9.78. The molecule has 2 aromatic heterocycles. The third-order valence-corrected chi connectivity index (χ3v) is 19.1. The van der Waals surface area contributed by atoms with E-state index < -0.39 is 5.97 Å². The predicted molar refractivity (Wildman–Crippen MR) is 347 cm³/mol. The Morgan fingerprint density at radius 3 is 0.988 bits per heavy atom. The highest BCUT2D eigenvalue weighted by Crippen LogP contribution is 2.52. The summed E-state index contributed by atoms with van der Waals surface area (Å²) in [6.45, 7) is 13.0. The van der Waals surface area contributed by atoms with Gasteiger partial charge in [-0.25, -0.2) is 4.79 Å². The van der Waals surface area contributed by atoms with Gasteiger partial charge in [-0.15, -0.1) is 0 Å². The molecule has 0 fully saturated rings. The molecule has 0 saturated heterocycles. The zero-order chi connectivity index (χ0) is 57.9. The van der Waals surface area contributed by atoms with Crippen LogP contribution in [-0.4, -0.2) is 27.5 Å². The average molecular weight is 1110 g/mol. The van der Waals surface area contributed by atoms with Gasteiger partial charge in [-0.2, -0.15) is 0 Å². The number of esters is 1. The highest BCUT2D eigenvalue weighted by atomic mass is 16.5. The molecule has 440 valence electrons. The molecule has 7 aromatic carbocycles. The molecule has 9 rings (SSSR count). The molecule has 9 nitrogen and oxygen atoms in total. The van der Waals surface area contributed by atoms with E-state index in [9.17, 15) is 9.59 Å². The van der Waals surface area contributed by atoms with Gasteiger partial charge in [0.15, 0.2) is 5.78 Å². The number of pyridine rings is 2. The van der Waals surface area contributed by atoms with Crippen molar-refractivity contribution in [1.29, 1.82) is 0 Å². The third kappa shape index (κ3) is 12.7. The number of carbonyl (C=O) groups is 2. The first-order chi connectivity index (χ1) is 40.0. The number of ether oxygens (including phenoxy) is 1. The summed E-state index contributed by atoms with van der Waals surface area (Å²) in [6, 6.07) is 11.1. The topological polar surface area (TPSA) is 122 Å². The van der Waals surface area contributed by atoms with Gasteiger partial charge in [0.2, 0.25) is 0 Å². The minimum absolute atomic E-state index is 0.130. The number of hydrogen-bond donors (Lipinski definition) is 0. The van der Waals surface area contributed by atoms with Gasteiger partial charge in [0.25, 0.3) is 22.2 Å². The Kier molecular flexibility index (Phi) is 21.3. The first kappa shape index (κ1) is 60.9. The van der Waals surface area contributed by atoms with Gasteiger partial charge >= 0.3 is 5.97 Å². The summed E-state index contributed by atoms with van der Waals surface area (Å²) >= 11 is 0. The molecule has 2 heterocycles. The summed E-state index contributed by atoms with van der Waals surface area (Å²) in [5.41, 5.74) is -0.688. The van der Waals surface area contributed by atoms with Crippen LogP contribution in [0.1, 0.15) is 268 Å². The molecule has 0 aliphatic rings. The van der Waals surface area contributed by atoms with E-state index in [0.717, 1.165) is 93.2 Å². The molecule has 0 bridgehead atoms. The highest BCUT2D eigenvalue weighted by Gasteiger charge is 2.32. The van der Waals surface area contributed by atoms with Crippen LogP contribution in [0.15, 0.2) is 55.6 Å².